The van der Waals surface area contributed by atoms with E-state index >= 15 is 0 Å². The van der Waals surface area contributed by atoms with Gasteiger partial charge in [0.2, 0.25) is 0 Å². The third-order valence-electron chi connectivity index (χ3n) is 5.48. The molecular formula is C15H28P+. The standard InChI is InChI=1S/C15H27P/c1-2-8-13(7-1)16(14-9-3-4-10-14)15-11-5-6-12-15/h13-15H,1-12H2/p+1. The summed E-state index contributed by atoms with van der Waals surface area (Å²) in [5.74, 6) is 0. The van der Waals surface area contributed by atoms with E-state index in [1.807, 2.05) is 0 Å². The molecule has 0 aliphatic heterocycles. The molecule has 0 heterocycles. The van der Waals surface area contributed by atoms with Crippen molar-refractivity contribution < 1.29 is 0 Å². The van der Waals surface area contributed by atoms with Gasteiger partial charge in [-0.2, -0.15) is 0 Å². The normalized spacial score (nSPS) is 29.8. The van der Waals surface area contributed by atoms with Crippen molar-refractivity contribution in [3.8, 4) is 0 Å². The minimum absolute atomic E-state index is 0.0224. The topological polar surface area (TPSA) is 0 Å². The lowest BCUT2D eigenvalue weighted by atomic mass is 10.3. The van der Waals surface area contributed by atoms with Crippen molar-refractivity contribution in [2.45, 2.75) is 94.0 Å². The van der Waals surface area contributed by atoms with Crippen LogP contribution < -0.4 is 0 Å². The Balaban J connectivity index is 1.70. The molecule has 0 aromatic carbocycles. The van der Waals surface area contributed by atoms with E-state index in [4.69, 9.17) is 0 Å². The van der Waals surface area contributed by atoms with Gasteiger partial charge >= 0.3 is 0 Å². The predicted octanol–water partition coefficient (Wildman–Crippen LogP) is 5.03. The van der Waals surface area contributed by atoms with Gasteiger partial charge in [0.1, 0.15) is 0 Å². The van der Waals surface area contributed by atoms with Crippen LogP contribution in [0.2, 0.25) is 0 Å². The highest BCUT2D eigenvalue weighted by atomic mass is 31.1. The molecule has 1 heteroatoms. The van der Waals surface area contributed by atoms with Gasteiger partial charge in [-0.25, -0.2) is 0 Å². The maximum absolute atomic E-state index is 1.63. The number of hydrogen-bond donors (Lipinski definition) is 0. The van der Waals surface area contributed by atoms with Crippen molar-refractivity contribution in [2.24, 2.45) is 0 Å². The second-order valence-corrected chi connectivity index (χ2v) is 9.89. The van der Waals surface area contributed by atoms with Gasteiger partial charge < -0.3 is 0 Å². The molecule has 16 heavy (non-hydrogen) atoms. The first-order valence-electron chi connectivity index (χ1n) is 7.82. The summed E-state index contributed by atoms with van der Waals surface area (Å²) in [4.78, 5) is 0. The van der Waals surface area contributed by atoms with Crippen LogP contribution in [-0.2, 0) is 0 Å². The lowest BCUT2D eigenvalue weighted by molar-refractivity contribution is 0.775. The lowest BCUT2D eigenvalue weighted by Gasteiger charge is -2.27. The van der Waals surface area contributed by atoms with Crippen LogP contribution in [0.25, 0.3) is 0 Å². The Morgan fingerprint density at radius 3 is 0.938 bits per heavy atom. The maximum atomic E-state index is 1.63. The molecule has 0 bridgehead atoms. The lowest BCUT2D eigenvalue weighted by Crippen LogP contribution is -2.18. The van der Waals surface area contributed by atoms with Gasteiger partial charge in [0, 0.05) is 7.92 Å². The van der Waals surface area contributed by atoms with Crippen LogP contribution in [0, 0.1) is 0 Å². The minimum Gasteiger partial charge on any atom is -0.0494 e. The molecular weight excluding hydrogens is 211 g/mol. The molecule has 3 rings (SSSR count). The quantitative estimate of drug-likeness (QED) is 0.606. The Hall–Kier alpha value is 0.430. The molecule has 3 saturated carbocycles. The van der Waals surface area contributed by atoms with Crippen LogP contribution in [0.3, 0.4) is 0 Å². The van der Waals surface area contributed by atoms with E-state index in [1.165, 1.54) is 17.0 Å². The van der Waals surface area contributed by atoms with E-state index in [9.17, 15) is 0 Å². The fourth-order valence-electron chi connectivity index (χ4n) is 4.78. The molecule has 3 aliphatic carbocycles. The summed E-state index contributed by atoms with van der Waals surface area (Å²) in [6.45, 7) is 0. The molecule has 3 aliphatic rings. The summed E-state index contributed by atoms with van der Waals surface area (Å²) in [6.07, 6.45) is 19.2. The highest BCUT2D eigenvalue weighted by Crippen LogP contribution is 2.63. The molecule has 0 atom stereocenters. The van der Waals surface area contributed by atoms with Crippen molar-refractivity contribution in [2.75, 3.05) is 0 Å². The first-order valence-corrected chi connectivity index (χ1v) is 9.55. The van der Waals surface area contributed by atoms with Crippen molar-refractivity contribution in [3.05, 3.63) is 0 Å². The van der Waals surface area contributed by atoms with Gasteiger partial charge in [-0.1, -0.05) is 0 Å². The molecule has 0 saturated heterocycles. The van der Waals surface area contributed by atoms with Crippen molar-refractivity contribution in [3.63, 3.8) is 0 Å². The number of rotatable bonds is 3. The van der Waals surface area contributed by atoms with Crippen LogP contribution in [0.5, 0.6) is 0 Å². The van der Waals surface area contributed by atoms with Crippen molar-refractivity contribution >= 4 is 7.92 Å². The van der Waals surface area contributed by atoms with Gasteiger partial charge in [-0.3, -0.25) is 0 Å². The smallest absolute Gasteiger partial charge is 0.0494 e. The molecule has 3 fully saturated rings. The monoisotopic (exact) mass is 239 g/mol. The van der Waals surface area contributed by atoms with Gasteiger partial charge in [-0.05, 0) is 77.0 Å². The van der Waals surface area contributed by atoms with E-state index in [1.54, 1.807) is 77.0 Å². The second kappa shape index (κ2) is 5.38. The fourth-order valence-corrected chi connectivity index (χ4v) is 10.0. The largest absolute Gasteiger partial charge is 0.0680 e. The van der Waals surface area contributed by atoms with E-state index in [0.29, 0.717) is 0 Å². The van der Waals surface area contributed by atoms with Gasteiger partial charge in [0.25, 0.3) is 0 Å². The van der Waals surface area contributed by atoms with Crippen LogP contribution >= 0.6 is 7.92 Å². The molecule has 0 amide bonds. The summed E-state index contributed by atoms with van der Waals surface area (Å²) < 4.78 is 0. The molecule has 0 N–H and O–H groups in total. The highest BCUT2D eigenvalue weighted by molar-refractivity contribution is 7.60. The first-order chi connectivity index (χ1) is 7.95. The third kappa shape index (κ3) is 2.33. The summed E-state index contributed by atoms with van der Waals surface area (Å²) >= 11 is 0. The van der Waals surface area contributed by atoms with Gasteiger partial charge in [-0.15, -0.1) is 0 Å². The fraction of sp³-hybridized carbons (Fsp3) is 1.00. The highest BCUT2D eigenvalue weighted by Gasteiger charge is 2.44. The summed E-state index contributed by atoms with van der Waals surface area (Å²) in [6, 6.07) is 0. The van der Waals surface area contributed by atoms with Crippen LogP contribution in [0.4, 0.5) is 0 Å². The zero-order valence-electron chi connectivity index (χ0n) is 10.7. The minimum atomic E-state index is 0.0224. The van der Waals surface area contributed by atoms with Crippen LogP contribution in [0.1, 0.15) is 77.0 Å². The SMILES string of the molecule is C1CCC([PH+](C2CCCC2)C2CCCC2)C1. The van der Waals surface area contributed by atoms with E-state index in [2.05, 4.69) is 0 Å². The van der Waals surface area contributed by atoms with Gasteiger partial charge in [0.05, 0.1) is 17.0 Å². The van der Waals surface area contributed by atoms with E-state index in [0.717, 1.165) is 0 Å². The Morgan fingerprint density at radius 2 is 0.688 bits per heavy atom. The molecule has 92 valence electrons. The van der Waals surface area contributed by atoms with Crippen LogP contribution in [-0.4, -0.2) is 17.0 Å². The van der Waals surface area contributed by atoms with Crippen molar-refractivity contribution in [1.29, 1.82) is 0 Å². The maximum Gasteiger partial charge on any atom is 0.0680 e. The predicted molar refractivity (Wildman–Crippen MR) is 75.1 cm³/mol. The average Bonchev–Trinajstić information content (AvgIpc) is 3.02. The average molecular weight is 239 g/mol. The third-order valence-corrected chi connectivity index (χ3v) is 10.0. The van der Waals surface area contributed by atoms with Crippen molar-refractivity contribution in [1.82, 2.24) is 0 Å². The van der Waals surface area contributed by atoms with E-state index < -0.39 is 0 Å². The summed E-state index contributed by atoms with van der Waals surface area (Å²) in [5, 5.41) is 0. The van der Waals surface area contributed by atoms with E-state index in [-0.39, 0.29) is 7.92 Å². The molecule has 0 aromatic rings. The molecule has 0 unspecified atom stereocenters. The molecule has 0 spiro atoms. The summed E-state index contributed by atoms with van der Waals surface area (Å²) in [7, 11) is 0.0224. The molecule has 0 nitrogen and oxygen atoms in total. The second-order valence-electron chi connectivity index (χ2n) is 6.44. The molecule has 0 aromatic heterocycles. The Kier molecular flexibility index (Phi) is 3.87. The molecule has 0 radical (unpaired) electrons. The Bertz CT molecular complexity index is 169. The zero-order chi connectivity index (χ0) is 10.8. The summed E-state index contributed by atoms with van der Waals surface area (Å²) in [5.41, 5.74) is 3.74. The van der Waals surface area contributed by atoms with Gasteiger partial charge in [0.15, 0.2) is 0 Å². The zero-order valence-corrected chi connectivity index (χ0v) is 11.7. The Labute approximate surface area is 102 Å². The number of hydrogen-bond acceptors (Lipinski definition) is 0. The van der Waals surface area contributed by atoms with Crippen LogP contribution in [0.15, 0.2) is 0 Å². The Morgan fingerprint density at radius 1 is 0.438 bits per heavy atom. The first kappa shape index (κ1) is 11.5.